The number of fused-ring (bicyclic) bond motifs is 1. The second kappa shape index (κ2) is 3.89. The Bertz CT molecular complexity index is 418. The lowest BCUT2D eigenvalue weighted by Gasteiger charge is -2.24. The minimum atomic E-state index is -0.853. The van der Waals surface area contributed by atoms with Crippen molar-refractivity contribution in [1.29, 1.82) is 0 Å². The van der Waals surface area contributed by atoms with Crippen LogP contribution in [-0.2, 0) is 11.2 Å². The molecule has 0 fully saturated rings. The predicted octanol–water partition coefficient (Wildman–Crippen LogP) is 2.74. The first-order valence-electron chi connectivity index (χ1n) is 5.21. The van der Waals surface area contributed by atoms with Crippen LogP contribution in [0.4, 0.5) is 0 Å². The maximum absolute atomic E-state index is 10.7. The van der Waals surface area contributed by atoms with Gasteiger partial charge >= 0.3 is 5.97 Å². The Labute approximate surface area is 89.2 Å². The largest absolute Gasteiger partial charge is 0.478 e. The third-order valence-corrected chi connectivity index (χ3v) is 2.98. The summed E-state index contributed by atoms with van der Waals surface area (Å²) in [5.74, 6) is -0.510. The summed E-state index contributed by atoms with van der Waals surface area (Å²) < 4.78 is 0. The number of hydrogen-bond acceptors (Lipinski definition) is 1. The summed E-state index contributed by atoms with van der Waals surface area (Å²) in [7, 11) is 0. The summed E-state index contributed by atoms with van der Waals surface area (Å²) in [6, 6.07) is 8.07. The number of aryl methyl sites for hydroxylation is 1. The van der Waals surface area contributed by atoms with Gasteiger partial charge in [-0.05, 0) is 35.5 Å². The van der Waals surface area contributed by atoms with Crippen molar-refractivity contribution in [2.45, 2.75) is 19.8 Å². The normalized spacial score (nSPS) is 22.5. The maximum Gasteiger partial charge on any atom is 0.328 e. The van der Waals surface area contributed by atoms with Crippen LogP contribution in [0.2, 0.25) is 0 Å². The zero-order chi connectivity index (χ0) is 10.8. The molecule has 1 aromatic rings. The monoisotopic (exact) mass is 202 g/mol. The van der Waals surface area contributed by atoms with Gasteiger partial charge < -0.3 is 5.11 Å². The molecule has 0 radical (unpaired) electrons. The lowest BCUT2D eigenvalue weighted by molar-refractivity contribution is -0.131. The zero-order valence-electron chi connectivity index (χ0n) is 8.73. The molecule has 1 atom stereocenters. The van der Waals surface area contributed by atoms with E-state index in [1.807, 2.05) is 18.2 Å². The molecule has 0 spiro atoms. The fraction of sp³-hybridized carbons (Fsp3) is 0.308. The van der Waals surface area contributed by atoms with E-state index in [9.17, 15) is 4.79 Å². The molecular formula is C13H14O2. The number of aliphatic carboxylic acids is 1. The highest BCUT2D eigenvalue weighted by atomic mass is 16.4. The molecule has 2 nitrogen and oxygen atoms in total. The highest BCUT2D eigenvalue weighted by Crippen LogP contribution is 2.34. The molecule has 78 valence electrons. The van der Waals surface area contributed by atoms with Crippen LogP contribution in [0.15, 0.2) is 30.3 Å². The van der Waals surface area contributed by atoms with E-state index in [0.29, 0.717) is 5.92 Å². The summed E-state index contributed by atoms with van der Waals surface area (Å²) >= 11 is 0. The molecule has 1 aliphatic carbocycles. The lowest BCUT2D eigenvalue weighted by atomic mass is 9.80. The van der Waals surface area contributed by atoms with Crippen molar-refractivity contribution in [1.82, 2.24) is 0 Å². The van der Waals surface area contributed by atoms with Crippen molar-refractivity contribution in [3.63, 3.8) is 0 Å². The van der Waals surface area contributed by atoms with Crippen LogP contribution in [0.25, 0.3) is 5.57 Å². The smallest absolute Gasteiger partial charge is 0.328 e. The van der Waals surface area contributed by atoms with E-state index in [0.717, 1.165) is 24.0 Å². The van der Waals surface area contributed by atoms with Gasteiger partial charge in [0.05, 0.1) is 0 Å². The van der Waals surface area contributed by atoms with Crippen LogP contribution in [0.5, 0.6) is 0 Å². The van der Waals surface area contributed by atoms with Gasteiger partial charge in [-0.15, -0.1) is 0 Å². The first-order valence-corrected chi connectivity index (χ1v) is 5.21. The number of carboxylic acid groups (broad SMARTS) is 1. The quantitative estimate of drug-likeness (QED) is 0.711. The summed E-state index contributed by atoms with van der Waals surface area (Å²) in [5, 5.41) is 8.83. The molecule has 2 heteroatoms. The van der Waals surface area contributed by atoms with E-state index >= 15 is 0 Å². The van der Waals surface area contributed by atoms with Gasteiger partial charge in [-0.3, -0.25) is 0 Å². The van der Waals surface area contributed by atoms with Crippen molar-refractivity contribution in [3.8, 4) is 0 Å². The third-order valence-electron chi connectivity index (χ3n) is 2.98. The average Bonchev–Trinajstić information content (AvgIpc) is 2.22. The Balaban J connectivity index is 2.50. The Kier molecular flexibility index (Phi) is 2.58. The molecule has 0 bridgehead atoms. The third kappa shape index (κ3) is 1.94. The Hall–Kier alpha value is -1.57. The molecule has 0 saturated heterocycles. The van der Waals surface area contributed by atoms with Crippen LogP contribution in [0.3, 0.4) is 0 Å². The topological polar surface area (TPSA) is 37.3 Å². The first kappa shape index (κ1) is 9.97. The maximum atomic E-state index is 10.7. The highest BCUT2D eigenvalue weighted by Gasteiger charge is 2.20. The van der Waals surface area contributed by atoms with E-state index in [1.54, 1.807) is 0 Å². The van der Waals surface area contributed by atoms with Crippen LogP contribution >= 0.6 is 0 Å². The van der Waals surface area contributed by atoms with Gasteiger partial charge in [-0.1, -0.05) is 31.2 Å². The number of benzene rings is 1. The lowest BCUT2D eigenvalue weighted by Crippen LogP contribution is -2.11. The predicted molar refractivity (Wildman–Crippen MR) is 59.5 cm³/mol. The van der Waals surface area contributed by atoms with Gasteiger partial charge in [-0.25, -0.2) is 4.79 Å². The summed E-state index contributed by atoms with van der Waals surface area (Å²) in [6.45, 7) is 2.09. The van der Waals surface area contributed by atoms with Gasteiger partial charge in [0.2, 0.25) is 0 Å². The summed E-state index contributed by atoms with van der Waals surface area (Å²) in [6.07, 6.45) is 3.44. The molecular weight excluding hydrogens is 188 g/mol. The molecule has 2 rings (SSSR count). The van der Waals surface area contributed by atoms with Crippen LogP contribution in [0, 0.1) is 5.92 Å². The molecule has 0 saturated carbocycles. The minimum Gasteiger partial charge on any atom is -0.478 e. The molecule has 1 aliphatic rings. The number of allylic oxidation sites excluding steroid dienone is 1. The second-order valence-corrected chi connectivity index (χ2v) is 4.03. The highest BCUT2D eigenvalue weighted by molar-refractivity contribution is 5.91. The van der Waals surface area contributed by atoms with Crippen molar-refractivity contribution < 1.29 is 9.90 Å². The molecule has 1 aromatic carbocycles. The molecule has 0 heterocycles. The zero-order valence-corrected chi connectivity index (χ0v) is 8.73. The van der Waals surface area contributed by atoms with Crippen LogP contribution < -0.4 is 0 Å². The van der Waals surface area contributed by atoms with Crippen molar-refractivity contribution in [3.05, 3.63) is 41.5 Å². The van der Waals surface area contributed by atoms with Gasteiger partial charge in [0, 0.05) is 6.08 Å². The van der Waals surface area contributed by atoms with E-state index in [4.69, 9.17) is 5.11 Å². The van der Waals surface area contributed by atoms with Crippen molar-refractivity contribution in [2.24, 2.45) is 5.92 Å². The van der Waals surface area contributed by atoms with E-state index in [-0.39, 0.29) is 0 Å². The fourth-order valence-corrected chi connectivity index (χ4v) is 2.17. The second-order valence-electron chi connectivity index (χ2n) is 4.03. The molecule has 0 amide bonds. The number of rotatable bonds is 1. The van der Waals surface area contributed by atoms with E-state index in [1.165, 1.54) is 11.6 Å². The molecule has 1 unspecified atom stereocenters. The van der Waals surface area contributed by atoms with Crippen LogP contribution in [-0.4, -0.2) is 11.1 Å². The standard InChI is InChI=1S/C13H14O2/c1-9-6-7-10-4-2-3-5-11(10)12(9)8-13(14)15/h2-5,8-9H,6-7H2,1H3,(H,14,15)/b12-8+. The Morgan fingerprint density at radius 1 is 1.47 bits per heavy atom. The average molecular weight is 202 g/mol. The number of carbonyl (C=O) groups is 1. The van der Waals surface area contributed by atoms with Gasteiger partial charge in [-0.2, -0.15) is 0 Å². The SMILES string of the molecule is CC1CCc2ccccc2/C1=C/C(=O)O. The first-order chi connectivity index (χ1) is 7.18. The van der Waals surface area contributed by atoms with Crippen LogP contribution in [0.1, 0.15) is 24.5 Å². The van der Waals surface area contributed by atoms with Gasteiger partial charge in [0.1, 0.15) is 0 Å². The molecule has 1 N–H and O–H groups in total. The van der Waals surface area contributed by atoms with E-state index in [2.05, 4.69) is 13.0 Å². The molecule has 15 heavy (non-hydrogen) atoms. The Morgan fingerprint density at radius 2 is 2.20 bits per heavy atom. The summed E-state index contributed by atoms with van der Waals surface area (Å²) in [4.78, 5) is 10.7. The number of carboxylic acids is 1. The van der Waals surface area contributed by atoms with Gasteiger partial charge in [0.15, 0.2) is 0 Å². The van der Waals surface area contributed by atoms with Crippen molar-refractivity contribution in [2.75, 3.05) is 0 Å². The Morgan fingerprint density at radius 3 is 2.93 bits per heavy atom. The molecule has 0 aromatic heterocycles. The van der Waals surface area contributed by atoms with E-state index < -0.39 is 5.97 Å². The minimum absolute atomic E-state index is 0.344. The van der Waals surface area contributed by atoms with Gasteiger partial charge in [0.25, 0.3) is 0 Å². The summed E-state index contributed by atoms with van der Waals surface area (Å²) in [5.41, 5.74) is 3.34. The number of hydrogen-bond donors (Lipinski definition) is 1. The molecule has 0 aliphatic heterocycles. The fourth-order valence-electron chi connectivity index (χ4n) is 2.17. The van der Waals surface area contributed by atoms with Crippen molar-refractivity contribution >= 4 is 11.5 Å².